The van der Waals surface area contributed by atoms with Gasteiger partial charge in [0.1, 0.15) is 0 Å². The Morgan fingerprint density at radius 2 is 2.12 bits per heavy atom. The van der Waals surface area contributed by atoms with Gasteiger partial charge in [0.15, 0.2) is 0 Å². The predicted octanol–water partition coefficient (Wildman–Crippen LogP) is 3.38. The van der Waals surface area contributed by atoms with Crippen molar-refractivity contribution in [3.63, 3.8) is 0 Å². The summed E-state index contributed by atoms with van der Waals surface area (Å²) >= 11 is 0. The summed E-state index contributed by atoms with van der Waals surface area (Å²) in [4.78, 5) is 9.31. The second kappa shape index (κ2) is 7.99. The van der Waals surface area contributed by atoms with Crippen LogP contribution in [-0.2, 0) is 0 Å². The van der Waals surface area contributed by atoms with Gasteiger partial charge in [-0.05, 0) is 23.8 Å². The van der Waals surface area contributed by atoms with Crippen molar-refractivity contribution < 1.29 is 0 Å². The van der Waals surface area contributed by atoms with E-state index in [1.165, 1.54) is 16.8 Å². The second-order valence-corrected chi connectivity index (χ2v) is 6.31. The molecule has 1 aromatic heterocycles. The minimum atomic E-state index is 0.794. The van der Waals surface area contributed by atoms with Gasteiger partial charge in [0.2, 0.25) is 0 Å². The molecule has 1 saturated heterocycles. The van der Waals surface area contributed by atoms with E-state index in [0.717, 1.165) is 43.8 Å². The van der Waals surface area contributed by atoms with Crippen LogP contribution in [0, 0.1) is 0 Å². The third-order valence-corrected chi connectivity index (χ3v) is 4.58. The van der Waals surface area contributed by atoms with Crippen molar-refractivity contribution in [1.29, 1.82) is 0 Å². The lowest BCUT2D eigenvalue weighted by Crippen LogP contribution is -2.43. The van der Waals surface area contributed by atoms with Crippen LogP contribution < -0.4 is 15.1 Å². The lowest BCUT2D eigenvalue weighted by Gasteiger charge is -2.31. The molecule has 0 radical (unpaired) electrons. The van der Waals surface area contributed by atoms with Gasteiger partial charge in [-0.25, -0.2) is 0 Å². The van der Waals surface area contributed by atoms with Gasteiger partial charge in [-0.15, -0.1) is 0 Å². The van der Waals surface area contributed by atoms with E-state index >= 15 is 0 Å². The Kier molecular flexibility index (Phi) is 5.51. The van der Waals surface area contributed by atoms with Crippen molar-refractivity contribution in [1.82, 2.24) is 10.3 Å². The number of hydrogen-bond donors (Lipinski definition) is 1. The van der Waals surface area contributed by atoms with Crippen LogP contribution in [0.25, 0.3) is 10.9 Å². The van der Waals surface area contributed by atoms with Crippen molar-refractivity contribution in [2.45, 2.75) is 0 Å². The van der Waals surface area contributed by atoms with Crippen molar-refractivity contribution >= 4 is 22.3 Å². The van der Waals surface area contributed by atoms with E-state index in [-0.39, 0.29) is 0 Å². The number of benzene rings is 1. The molecular formula is C21H26N4. The molecule has 0 amide bonds. The summed E-state index contributed by atoms with van der Waals surface area (Å²) in [6, 6.07) is 8.61. The molecule has 130 valence electrons. The van der Waals surface area contributed by atoms with Gasteiger partial charge in [0, 0.05) is 57.0 Å². The molecule has 0 unspecified atom stereocenters. The van der Waals surface area contributed by atoms with Gasteiger partial charge >= 0.3 is 0 Å². The van der Waals surface area contributed by atoms with E-state index < -0.39 is 0 Å². The van der Waals surface area contributed by atoms with Gasteiger partial charge in [-0.3, -0.25) is 4.98 Å². The topological polar surface area (TPSA) is 31.4 Å². The SMILES string of the molecule is C=C/C=C(\C=C)CN(C)c1cc(N2CCNCC2)c2ncccc2c1. The van der Waals surface area contributed by atoms with E-state index in [2.05, 4.69) is 58.5 Å². The van der Waals surface area contributed by atoms with Crippen molar-refractivity contribution in [2.24, 2.45) is 0 Å². The Bertz CT molecular complexity index is 788. The number of anilines is 2. The number of allylic oxidation sites excluding steroid dienone is 2. The van der Waals surface area contributed by atoms with E-state index in [4.69, 9.17) is 0 Å². The van der Waals surface area contributed by atoms with E-state index in [1.54, 1.807) is 6.08 Å². The molecule has 0 bridgehead atoms. The summed E-state index contributed by atoms with van der Waals surface area (Å²) in [7, 11) is 2.11. The first-order valence-corrected chi connectivity index (χ1v) is 8.72. The van der Waals surface area contributed by atoms with Crippen LogP contribution in [0.4, 0.5) is 11.4 Å². The molecule has 1 aliphatic heterocycles. The maximum absolute atomic E-state index is 4.64. The summed E-state index contributed by atoms with van der Waals surface area (Å²) in [6.07, 6.45) is 7.57. The molecule has 25 heavy (non-hydrogen) atoms. The van der Waals surface area contributed by atoms with Crippen LogP contribution in [0.15, 0.2) is 67.4 Å². The largest absolute Gasteiger partial charge is 0.370 e. The fourth-order valence-electron chi connectivity index (χ4n) is 3.23. The molecular weight excluding hydrogens is 308 g/mol. The quantitative estimate of drug-likeness (QED) is 0.821. The highest BCUT2D eigenvalue weighted by molar-refractivity contribution is 5.94. The number of likely N-dealkylation sites (N-methyl/N-ethyl adjacent to an activating group) is 1. The number of nitrogens with zero attached hydrogens (tertiary/aromatic N) is 3. The first-order chi connectivity index (χ1) is 12.2. The third kappa shape index (κ3) is 3.91. The Hall–Kier alpha value is -2.59. The molecule has 1 N–H and O–H groups in total. The third-order valence-electron chi connectivity index (χ3n) is 4.58. The first-order valence-electron chi connectivity index (χ1n) is 8.72. The summed E-state index contributed by atoms with van der Waals surface area (Å²) in [5.74, 6) is 0. The van der Waals surface area contributed by atoms with Crippen LogP contribution in [0.5, 0.6) is 0 Å². The molecule has 1 fully saturated rings. The highest BCUT2D eigenvalue weighted by atomic mass is 15.2. The van der Waals surface area contributed by atoms with E-state index in [0.29, 0.717) is 0 Å². The molecule has 0 atom stereocenters. The number of aromatic nitrogens is 1. The van der Waals surface area contributed by atoms with Crippen molar-refractivity contribution in [3.05, 3.63) is 67.4 Å². The van der Waals surface area contributed by atoms with Gasteiger partial charge in [0.25, 0.3) is 0 Å². The Labute approximate surface area is 150 Å². The zero-order chi connectivity index (χ0) is 17.6. The maximum Gasteiger partial charge on any atom is 0.0936 e. The number of piperazine rings is 1. The van der Waals surface area contributed by atoms with Crippen LogP contribution in [0.2, 0.25) is 0 Å². The first kappa shape index (κ1) is 17.2. The Morgan fingerprint density at radius 1 is 1.32 bits per heavy atom. The minimum absolute atomic E-state index is 0.794. The molecule has 0 saturated carbocycles. The summed E-state index contributed by atoms with van der Waals surface area (Å²) < 4.78 is 0. The highest BCUT2D eigenvalue weighted by Gasteiger charge is 2.16. The fourth-order valence-corrected chi connectivity index (χ4v) is 3.23. The molecule has 4 heteroatoms. The number of fused-ring (bicyclic) bond motifs is 1. The standard InChI is InChI=1S/C21H26N4/c1-4-7-17(5-2)16-24(3)19-14-18-8-6-9-23-21(18)20(15-19)25-12-10-22-11-13-25/h4-9,14-15,22H,1-2,10-13,16H2,3H3/b17-7+. The fraction of sp³-hybridized carbons (Fsp3) is 0.286. The van der Waals surface area contributed by atoms with E-state index in [1.807, 2.05) is 24.4 Å². The molecule has 2 aromatic rings. The molecule has 0 spiro atoms. The number of nitrogens with one attached hydrogen (secondary N) is 1. The highest BCUT2D eigenvalue weighted by Crippen LogP contribution is 2.31. The molecule has 1 aromatic carbocycles. The average Bonchev–Trinajstić information content (AvgIpc) is 2.67. The minimum Gasteiger partial charge on any atom is -0.370 e. The Balaban J connectivity index is 1.99. The second-order valence-electron chi connectivity index (χ2n) is 6.31. The maximum atomic E-state index is 4.64. The number of pyridine rings is 1. The molecule has 1 aliphatic rings. The predicted molar refractivity (Wildman–Crippen MR) is 109 cm³/mol. The average molecular weight is 334 g/mol. The zero-order valence-electron chi connectivity index (χ0n) is 14.9. The molecule has 0 aliphatic carbocycles. The summed E-state index contributed by atoms with van der Waals surface area (Å²) in [6.45, 7) is 12.5. The lowest BCUT2D eigenvalue weighted by atomic mass is 10.1. The van der Waals surface area contributed by atoms with Gasteiger partial charge < -0.3 is 15.1 Å². The van der Waals surface area contributed by atoms with Gasteiger partial charge in [0.05, 0.1) is 11.2 Å². The monoisotopic (exact) mass is 334 g/mol. The van der Waals surface area contributed by atoms with Gasteiger partial charge in [-0.2, -0.15) is 0 Å². The van der Waals surface area contributed by atoms with Crippen LogP contribution in [0.3, 0.4) is 0 Å². The Morgan fingerprint density at radius 3 is 2.84 bits per heavy atom. The van der Waals surface area contributed by atoms with E-state index in [9.17, 15) is 0 Å². The van der Waals surface area contributed by atoms with Crippen LogP contribution in [-0.4, -0.2) is 44.8 Å². The summed E-state index contributed by atoms with van der Waals surface area (Å²) in [5, 5.41) is 4.59. The van der Waals surface area contributed by atoms with Crippen LogP contribution >= 0.6 is 0 Å². The smallest absolute Gasteiger partial charge is 0.0936 e. The van der Waals surface area contributed by atoms with Crippen molar-refractivity contribution in [3.8, 4) is 0 Å². The van der Waals surface area contributed by atoms with Gasteiger partial charge in [-0.1, -0.05) is 37.5 Å². The molecule has 4 nitrogen and oxygen atoms in total. The zero-order valence-corrected chi connectivity index (χ0v) is 14.9. The van der Waals surface area contributed by atoms with Crippen molar-refractivity contribution in [2.75, 3.05) is 49.6 Å². The molecule has 2 heterocycles. The summed E-state index contributed by atoms with van der Waals surface area (Å²) in [5.41, 5.74) is 4.62. The van der Waals surface area contributed by atoms with Crippen LogP contribution in [0.1, 0.15) is 0 Å². The lowest BCUT2D eigenvalue weighted by molar-refractivity contribution is 0.590. The number of hydrogen-bond acceptors (Lipinski definition) is 4. The number of rotatable bonds is 6. The molecule has 3 rings (SSSR count). The normalized spacial score (nSPS) is 15.2.